The third kappa shape index (κ3) is 5.86. The maximum Gasteiger partial charge on any atom is 0.339 e. The van der Waals surface area contributed by atoms with E-state index in [9.17, 15) is 9.90 Å². The van der Waals surface area contributed by atoms with Gasteiger partial charge in [-0.25, -0.2) is 15.3 Å². The molecular formula is C34H38N6O3. The number of hydrogen-bond donors (Lipinski definition) is 3. The SMILES string of the molecule is CCC1c2ccccc2OCCN1Cc1cccc(-c2cccc(-n3ncc(C(=O)O)c3[C@@H]3CC3/C(N)=C/N(C)N)c2)c1. The zero-order chi connectivity index (χ0) is 30.1. The molecule has 0 radical (unpaired) electrons. The third-order valence-corrected chi connectivity index (χ3v) is 8.44. The van der Waals surface area contributed by atoms with Crippen LogP contribution >= 0.6 is 0 Å². The van der Waals surface area contributed by atoms with Crippen molar-refractivity contribution in [1.82, 2.24) is 19.7 Å². The lowest BCUT2D eigenvalue weighted by molar-refractivity contribution is 0.0695. The summed E-state index contributed by atoms with van der Waals surface area (Å²) in [5, 5.41) is 15.9. The van der Waals surface area contributed by atoms with E-state index < -0.39 is 5.97 Å². The fourth-order valence-electron chi connectivity index (χ4n) is 6.36. The molecule has 1 aliphatic heterocycles. The summed E-state index contributed by atoms with van der Waals surface area (Å²) in [5.74, 6) is 5.70. The zero-order valence-electron chi connectivity index (χ0n) is 24.6. The summed E-state index contributed by atoms with van der Waals surface area (Å²) < 4.78 is 7.83. The van der Waals surface area contributed by atoms with Crippen molar-refractivity contribution in [1.29, 1.82) is 0 Å². The summed E-state index contributed by atoms with van der Waals surface area (Å²) in [7, 11) is 1.71. The Kier molecular flexibility index (Phi) is 7.92. The number of hydrogen-bond acceptors (Lipinski definition) is 7. The van der Waals surface area contributed by atoms with Crippen molar-refractivity contribution in [2.45, 2.75) is 38.3 Å². The van der Waals surface area contributed by atoms with Gasteiger partial charge in [-0.2, -0.15) is 5.10 Å². The Labute approximate surface area is 251 Å². The lowest BCUT2D eigenvalue weighted by atomic mass is 9.99. The van der Waals surface area contributed by atoms with Gasteiger partial charge in [-0.15, -0.1) is 0 Å². The largest absolute Gasteiger partial charge is 0.492 e. The Morgan fingerprint density at radius 2 is 1.88 bits per heavy atom. The van der Waals surface area contributed by atoms with E-state index in [0.717, 1.165) is 48.5 Å². The predicted octanol–water partition coefficient (Wildman–Crippen LogP) is 5.29. The molecule has 2 heterocycles. The van der Waals surface area contributed by atoms with Crippen molar-refractivity contribution in [3.05, 3.63) is 113 Å². The summed E-state index contributed by atoms with van der Waals surface area (Å²) in [6.07, 6.45) is 4.86. The second kappa shape index (κ2) is 11.9. The molecular weight excluding hydrogens is 540 g/mol. The average molecular weight is 579 g/mol. The van der Waals surface area contributed by atoms with Crippen LogP contribution in [0.1, 0.15) is 58.9 Å². The van der Waals surface area contributed by atoms with Crippen LogP contribution in [0.25, 0.3) is 16.8 Å². The minimum atomic E-state index is -0.999. The molecule has 3 atom stereocenters. The highest BCUT2D eigenvalue weighted by Gasteiger charge is 2.45. The molecule has 6 rings (SSSR count). The average Bonchev–Trinajstić information content (AvgIpc) is 3.71. The number of aromatic nitrogens is 2. The first kappa shape index (κ1) is 28.5. The van der Waals surface area contributed by atoms with E-state index in [1.54, 1.807) is 17.9 Å². The van der Waals surface area contributed by atoms with Crippen LogP contribution in [0.3, 0.4) is 0 Å². The first-order valence-corrected chi connectivity index (χ1v) is 14.8. The van der Waals surface area contributed by atoms with Crippen LogP contribution in [0.2, 0.25) is 0 Å². The van der Waals surface area contributed by atoms with Crippen molar-refractivity contribution in [3.63, 3.8) is 0 Å². The highest BCUT2D eigenvalue weighted by atomic mass is 16.5. The fraction of sp³-hybridized carbons (Fsp3) is 0.294. The summed E-state index contributed by atoms with van der Waals surface area (Å²) in [6, 6.07) is 25.3. The van der Waals surface area contributed by atoms with Gasteiger partial charge in [-0.3, -0.25) is 4.90 Å². The van der Waals surface area contributed by atoms with E-state index >= 15 is 0 Å². The number of hydrazine groups is 1. The van der Waals surface area contributed by atoms with Gasteiger partial charge in [0.25, 0.3) is 0 Å². The number of nitrogens with two attached hydrogens (primary N) is 2. The Balaban J connectivity index is 1.28. The minimum Gasteiger partial charge on any atom is -0.492 e. The van der Waals surface area contributed by atoms with Gasteiger partial charge in [0.2, 0.25) is 0 Å². The van der Waals surface area contributed by atoms with Crippen LogP contribution in [0.15, 0.2) is 90.9 Å². The van der Waals surface area contributed by atoms with Crippen LogP contribution in [0, 0.1) is 5.92 Å². The van der Waals surface area contributed by atoms with Crippen molar-refractivity contribution >= 4 is 5.97 Å². The highest BCUT2D eigenvalue weighted by molar-refractivity contribution is 5.89. The number of benzene rings is 3. The molecule has 1 aromatic heterocycles. The topological polar surface area (TPSA) is 123 Å². The van der Waals surface area contributed by atoms with E-state index in [-0.39, 0.29) is 23.4 Å². The molecule has 2 aliphatic rings. The van der Waals surface area contributed by atoms with Gasteiger partial charge < -0.3 is 20.6 Å². The number of allylic oxidation sites excluding steroid dienone is 1. The molecule has 222 valence electrons. The molecule has 1 fully saturated rings. The monoisotopic (exact) mass is 578 g/mol. The van der Waals surface area contributed by atoms with Gasteiger partial charge in [-0.1, -0.05) is 55.5 Å². The minimum absolute atomic E-state index is 0.0164. The molecule has 3 aromatic carbocycles. The normalized spacial score (nSPS) is 20.2. The molecule has 9 heteroatoms. The molecule has 9 nitrogen and oxygen atoms in total. The maximum absolute atomic E-state index is 12.1. The number of ether oxygens (including phenoxy) is 1. The molecule has 43 heavy (non-hydrogen) atoms. The number of carboxylic acid groups (broad SMARTS) is 1. The van der Waals surface area contributed by atoms with E-state index in [1.165, 1.54) is 22.3 Å². The highest BCUT2D eigenvalue weighted by Crippen LogP contribution is 2.52. The van der Waals surface area contributed by atoms with Crippen molar-refractivity contribution in [2.24, 2.45) is 17.5 Å². The molecule has 5 N–H and O–H groups in total. The van der Waals surface area contributed by atoms with E-state index in [2.05, 4.69) is 71.5 Å². The lowest BCUT2D eigenvalue weighted by Gasteiger charge is -2.29. The molecule has 0 saturated heterocycles. The van der Waals surface area contributed by atoms with Crippen LogP contribution in [-0.2, 0) is 6.54 Å². The summed E-state index contributed by atoms with van der Waals surface area (Å²) >= 11 is 0. The fourth-order valence-corrected chi connectivity index (χ4v) is 6.36. The van der Waals surface area contributed by atoms with Crippen LogP contribution in [-0.4, -0.2) is 51.0 Å². The number of aromatic carboxylic acids is 1. The smallest absolute Gasteiger partial charge is 0.339 e. The quantitative estimate of drug-likeness (QED) is 0.181. The first-order valence-electron chi connectivity index (χ1n) is 14.8. The van der Waals surface area contributed by atoms with E-state index in [0.29, 0.717) is 18.0 Å². The van der Waals surface area contributed by atoms with Crippen LogP contribution in [0.4, 0.5) is 0 Å². The number of fused-ring (bicyclic) bond motifs is 1. The van der Waals surface area contributed by atoms with Crippen molar-refractivity contribution in [2.75, 3.05) is 20.2 Å². The van der Waals surface area contributed by atoms with Gasteiger partial charge in [-0.05, 0) is 53.8 Å². The Hall–Kier alpha value is -4.60. The molecule has 2 unspecified atom stereocenters. The summed E-state index contributed by atoms with van der Waals surface area (Å²) in [5.41, 5.74) is 13.2. The zero-order valence-corrected chi connectivity index (χ0v) is 24.6. The molecule has 1 saturated carbocycles. The molecule has 0 bridgehead atoms. The van der Waals surface area contributed by atoms with Gasteiger partial charge in [0.05, 0.1) is 17.6 Å². The molecule has 0 spiro atoms. The van der Waals surface area contributed by atoms with Gasteiger partial charge in [0.15, 0.2) is 0 Å². The van der Waals surface area contributed by atoms with Crippen LogP contribution < -0.4 is 16.3 Å². The van der Waals surface area contributed by atoms with E-state index in [1.807, 2.05) is 18.2 Å². The number of rotatable bonds is 9. The summed E-state index contributed by atoms with van der Waals surface area (Å²) in [4.78, 5) is 14.6. The van der Waals surface area contributed by atoms with Crippen molar-refractivity contribution < 1.29 is 14.6 Å². The summed E-state index contributed by atoms with van der Waals surface area (Å²) in [6.45, 7) is 4.55. The standard InChI is InChI=1S/C34H38N6O3/c1-3-31-26-12-4-5-13-32(26)43-15-14-39(31)20-22-8-6-9-23(16-22)24-10-7-11-25(17-24)40-33(29(19-37-40)34(41)42)28-18-27(28)30(35)21-38(2)36/h4-13,16-17,19,21,27-28,31H,3,14-15,18,20,35-36H2,1-2H3,(H,41,42)/b30-21-/t27?,28-,31?/m1/s1. The van der Waals surface area contributed by atoms with Gasteiger partial charge >= 0.3 is 5.97 Å². The van der Waals surface area contributed by atoms with Crippen LogP contribution in [0.5, 0.6) is 5.75 Å². The first-order chi connectivity index (χ1) is 20.8. The Bertz CT molecular complexity index is 1660. The molecule has 1 aliphatic carbocycles. The number of carboxylic acids is 1. The van der Waals surface area contributed by atoms with Crippen molar-refractivity contribution in [3.8, 4) is 22.6 Å². The lowest BCUT2D eigenvalue weighted by Crippen LogP contribution is -2.29. The third-order valence-electron chi connectivity index (χ3n) is 8.44. The number of carbonyl (C=O) groups is 1. The Morgan fingerprint density at radius 1 is 1.12 bits per heavy atom. The number of nitrogens with zero attached hydrogens (tertiary/aromatic N) is 4. The second-order valence-electron chi connectivity index (χ2n) is 11.4. The number of para-hydroxylation sites is 1. The Morgan fingerprint density at radius 3 is 2.65 bits per heavy atom. The molecule has 0 amide bonds. The maximum atomic E-state index is 12.1. The molecule has 4 aromatic rings. The second-order valence-corrected chi connectivity index (χ2v) is 11.4. The predicted molar refractivity (Wildman–Crippen MR) is 166 cm³/mol. The van der Waals surface area contributed by atoms with E-state index in [4.69, 9.17) is 16.3 Å². The van der Waals surface area contributed by atoms with Gasteiger partial charge in [0.1, 0.15) is 17.9 Å². The van der Waals surface area contributed by atoms with Gasteiger partial charge in [0, 0.05) is 55.5 Å².